The summed E-state index contributed by atoms with van der Waals surface area (Å²) in [5.74, 6) is 0. The molecule has 0 saturated heterocycles. The second-order valence-electron chi connectivity index (χ2n) is 6.52. The number of benzene rings is 4. The summed E-state index contributed by atoms with van der Waals surface area (Å²) in [6, 6.07) is 24.4. The number of hydrogen-bond donors (Lipinski definition) is 0. The smallest absolute Gasteiger partial charge is 0.0136 e. The van der Waals surface area contributed by atoms with E-state index in [9.17, 15) is 0 Å². The van der Waals surface area contributed by atoms with E-state index in [4.69, 9.17) is 0 Å². The molecule has 0 radical (unpaired) electrons. The lowest BCUT2D eigenvalue weighted by atomic mass is 9.95. The van der Waals surface area contributed by atoms with E-state index in [1.165, 1.54) is 47.4 Å². The first-order chi connectivity index (χ1) is 12.7. The predicted molar refractivity (Wildman–Crippen MR) is 124 cm³/mol. The van der Waals surface area contributed by atoms with Crippen LogP contribution in [0.3, 0.4) is 0 Å². The van der Waals surface area contributed by atoms with Gasteiger partial charge in [0, 0.05) is 3.57 Å². The summed E-state index contributed by atoms with van der Waals surface area (Å²) in [7, 11) is 0. The third-order valence-electron chi connectivity index (χ3n) is 4.88. The lowest BCUT2D eigenvalue weighted by Crippen LogP contribution is -1.86. The van der Waals surface area contributed by atoms with Crippen LogP contribution in [0, 0.1) is 10.5 Å². The molecule has 0 amide bonds. The molecule has 0 aliphatic heterocycles. The Kier molecular flexibility index (Phi) is 4.64. The van der Waals surface area contributed by atoms with Gasteiger partial charge in [-0.15, -0.1) is 0 Å². The van der Waals surface area contributed by atoms with Crippen LogP contribution in [-0.2, 0) is 0 Å². The van der Waals surface area contributed by atoms with Crippen LogP contribution in [0.25, 0.3) is 38.7 Å². The van der Waals surface area contributed by atoms with Crippen LogP contribution in [0.15, 0.2) is 85.5 Å². The molecule has 0 unspecified atom stereocenters. The van der Waals surface area contributed by atoms with Crippen molar-refractivity contribution in [1.29, 1.82) is 0 Å². The summed E-state index contributed by atoms with van der Waals surface area (Å²) in [5, 5.41) is 5.15. The van der Waals surface area contributed by atoms with Crippen LogP contribution in [0.2, 0.25) is 0 Å². The lowest BCUT2D eigenvalue weighted by Gasteiger charge is -2.10. The van der Waals surface area contributed by atoms with E-state index in [2.05, 4.69) is 109 Å². The Morgan fingerprint density at radius 1 is 0.769 bits per heavy atom. The largest absolute Gasteiger partial charge is 0.0991 e. The maximum absolute atomic E-state index is 3.75. The van der Waals surface area contributed by atoms with Crippen LogP contribution in [0.1, 0.15) is 11.1 Å². The molecular formula is C25H19I. The van der Waals surface area contributed by atoms with E-state index in [1.807, 2.05) is 12.2 Å². The molecule has 126 valence electrons. The third-order valence-corrected chi connectivity index (χ3v) is 5.55. The van der Waals surface area contributed by atoms with Gasteiger partial charge in [-0.05, 0) is 97.6 Å². The summed E-state index contributed by atoms with van der Waals surface area (Å²) in [4.78, 5) is 0. The van der Waals surface area contributed by atoms with Gasteiger partial charge in [0.1, 0.15) is 0 Å². The highest BCUT2D eigenvalue weighted by Gasteiger charge is 2.05. The minimum Gasteiger partial charge on any atom is -0.0991 e. The first kappa shape index (κ1) is 17.0. The molecule has 0 spiro atoms. The number of aryl methyl sites for hydroxylation is 1. The van der Waals surface area contributed by atoms with E-state index >= 15 is 0 Å². The zero-order valence-corrected chi connectivity index (χ0v) is 16.8. The van der Waals surface area contributed by atoms with Crippen LogP contribution in [-0.4, -0.2) is 0 Å². The molecule has 0 fully saturated rings. The van der Waals surface area contributed by atoms with E-state index in [0.717, 1.165) is 0 Å². The van der Waals surface area contributed by atoms with Gasteiger partial charge in [-0.1, -0.05) is 67.3 Å². The highest BCUT2D eigenvalue weighted by Crippen LogP contribution is 2.30. The highest BCUT2D eigenvalue weighted by atomic mass is 127. The quantitative estimate of drug-likeness (QED) is 0.223. The molecule has 0 saturated carbocycles. The molecule has 0 nitrogen and oxygen atoms in total. The number of allylic oxidation sites excluding steroid dienone is 2. The zero-order chi connectivity index (χ0) is 18.1. The second kappa shape index (κ2) is 7.08. The molecule has 0 bridgehead atoms. The van der Waals surface area contributed by atoms with Gasteiger partial charge in [-0.3, -0.25) is 0 Å². The van der Waals surface area contributed by atoms with Gasteiger partial charge < -0.3 is 0 Å². The Bertz CT molecular complexity index is 1170. The number of rotatable bonds is 3. The Labute approximate surface area is 168 Å². The predicted octanol–water partition coefficient (Wildman–Crippen LogP) is 7.77. The first-order valence-electron chi connectivity index (χ1n) is 8.68. The van der Waals surface area contributed by atoms with Gasteiger partial charge in [0.25, 0.3) is 0 Å². The minimum absolute atomic E-state index is 1.24. The van der Waals surface area contributed by atoms with Gasteiger partial charge in [-0.2, -0.15) is 0 Å². The summed E-state index contributed by atoms with van der Waals surface area (Å²) in [6.45, 7) is 5.93. The SMILES string of the molecule is C=C/C=C\c1ccc2cc(-c3ccc4cc(I)ccc4c3)ccc2c1C. The van der Waals surface area contributed by atoms with E-state index in [-0.39, 0.29) is 0 Å². The fourth-order valence-corrected chi connectivity index (χ4v) is 3.95. The summed E-state index contributed by atoms with van der Waals surface area (Å²) in [6.07, 6.45) is 5.91. The van der Waals surface area contributed by atoms with Crippen molar-refractivity contribution in [2.45, 2.75) is 6.92 Å². The van der Waals surface area contributed by atoms with Crippen LogP contribution < -0.4 is 0 Å². The second-order valence-corrected chi connectivity index (χ2v) is 7.76. The van der Waals surface area contributed by atoms with Crippen molar-refractivity contribution < 1.29 is 0 Å². The van der Waals surface area contributed by atoms with Crippen LogP contribution in [0.5, 0.6) is 0 Å². The van der Waals surface area contributed by atoms with Crippen molar-refractivity contribution in [2.24, 2.45) is 0 Å². The monoisotopic (exact) mass is 446 g/mol. The molecule has 0 aliphatic rings. The average Bonchev–Trinajstić information content (AvgIpc) is 2.67. The maximum atomic E-state index is 3.75. The van der Waals surface area contributed by atoms with Gasteiger partial charge in [0.05, 0.1) is 0 Å². The fraction of sp³-hybridized carbons (Fsp3) is 0.0400. The van der Waals surface area contributed by atoms with Crippen LogP contribution in [0.4, 0.5) is 0 Å². The number of fused-ring (bicyclic) bond motifs is 2. The third kappa shape index (κ3) is 3.19. The van der Waals surface area contributed by atoms with E-state index in [1.54, 1.807) is 0 Å². The first-order valence-corrected chi connectivity index (χ1v) is 9.76. The maximum Gasteiger partial charge on any atom is 0.0136 e. The highest BCUT2D eigenvalue weighted by molar-refractivity contribution is 14.1. The lowest BCUT2D eigenvalue weighted by molar-refractivity contribution is 1.50. The van der Waals surface area contributed by atoms with Gasteiger partial charge in [0.2, 0.25) is 0 Å². The summed E-state index contributed by atoms with van der Waals surface area (Å²) < 4.78 is 1.27. The Morgan fingerprint density at radius 2 is 1.42 bits per heavy atom. The van der Waals surface area contributed by atoms with Gasteiger partial charge in [-0.25, -0.2) is 0 Å². The normalized spacial score (nSPS) is 11.5. The average molecular weight is 446 g/mol. The standard InChI is InChI=1S/C25H19I/c1-3-4-5-18-6-9-23-15-21(11-13-25(23)17(18)2)19-7-8-22-16-24(26)12-10-20(22)14-19/h3-16H,1H2,2H3/b5-4-. The topological polar surface area (TPSA) is 0 Å². The Balaban J connectivity index is 1.81. The zero-order valence-electron chi connectivity index (χ0n) is 14.7. The molecule has 4 aromatic carbocycles. The van der Waals surface area contributed by atoms with Crippen molar-refractivity contribution in [3.8, 4) is 11.1 Å². The molecule has 4 aromatic rings. The van der Waals surface area contributed by atoms with Crippen molar-refractivity contribution in [3.05, 3.63) is 100 Å². The van der Waals surface area contributed by atoms with Gasteiger partial charge in [0.15, 0.2) is 0 Å². The molecule has 26 heavy (non-hydrogen) atoms. The molecule has 0 aromatic heterocycles. The van der Waals surface area contributed by atoms with Crippen molar-refractivity contribution in [2.75, 3.05) is 0 Å². The van der Waals surface area contributed by atoms with E-state index in [0.29, 0.717) is 0 Å². The Hall–Kier alpha value is -2.39. The van der Waals surface area contributed by atoms with Gasteiger partial charge >= 0.3 is 0 Å². The Morgan fingerprint density at radius 3 is 2.23 bits per heavy atom. The number of halogens is 1. The molecule has 0 N–H and O–H groups in total. The molecular weight excluding hydrogens is 427 g/mol. The van der Waals surface area contributed by atoms with E-state index < -0.39 is 0 Å². The summed E-state index contributed by atoms with van der Waals surface area (Å²) >= 11 is 2.36. The molecule has 0 aliphatic carbocycles. The molecule has 1 heteroatoms. The van der Waals surface area contributed by atoms with Crippen LogP contribution >= 0.6 is 22.6 Å². The molecule has 4 rings (SSSR count). The molecule has 0 heterocycles. The number of hydrogen-bond acceptors (Lipinski definition) is 0. The summed E-state index contributed by atoms with van der Waals surface area (Å²) in [5.41, 5.74) is 5.06. The van der Waals surface area contributed by atoms with Crippen molar-refractivity contribution in [3.63, 3.8) is 0 Å². The minimum atomic E-state index is 1.24. The fourth-order valence-electron chi connectivity index (χ4n) is 3.43. The molecule has 0 atom stereocenters. The van der Waals surface area contributed by atoms with Crippen molar-refractivity contribution >= 4 is 50.2 Å². The van der Waals surface area contributed by atoms with Crippen molar-refractivity contribution in [1.82, 2.24) is 0 Å².